The molecule has 0 saturated heterocycles. The highest BCUT2D eigenvalue weighted by Crippen LogP contribution is 2.24. The topological polar surface area (TPSA) is 59.3 Å². The standard InChI is InChI=1S/C16H20F3N3O2/c1-11-7-21-22(9-11)10-12(2)20-8-15(23)13-3-5-14(6-4-13)24-16(17,18)19/h3-7,9,12,15,20,23H,8,10H2,1-2H3/t12-,15-/m1/s1. The maximum absolute atomic E-state index is 12.1. The average Bonchev–Trinajstić information content (AvgIpc) is 2.89. The predicted molar refractivity (Wildman–Crippen MR) is 82.5 cm³/mol. The highest BCUT2D eigenvalue weighted by Gasteiger charge is 2.31. The molecular weight excluding hydrogens is 323 g/mol. The quantitative estimate of drug-likeness (QED) is 0.812. The van der Waals surface area contributed by atoms with Crippen molar-refractivity contribution in [1.82, 2.24) is 15.1 Å². The van der Waals surface area contributed by atoms with Crippen LogP contribution < -0.4 is 10.1 Å². The third-order valence-electron chi connectivity index (χ3n) is 3.38. The Kier molecular flexibility index (Phi) is 5.84. The van der Waals surface area contributed by atoms with Gasteiger partial charge in [0.1, 0.15) is 5.75 Å². The highest BCUT2D eigenvalue weighted by molar-refractivity contribution is 5.28. The number of nitrogens with one attached hydrogen (secondary N) is 1. The van der Waals surface area contributed by atoms with E-state index in [1.165, 1.54) is 24.3 Å². The van der Waals surface area contributed by atoms with Gasteiger partial charge in [-0.25, -0.2) is 0 Å². The van der Waals surface area contributed by atoms with Gasteiger partial charge in [-0.2, -0.15) is 5.10 Å². The lowest BCUT2D eigenvalue weighted by Gasteiger charge is -2.18. The second-order valence-corrected chi connectivity index (χ2v) is 5.68. The third-order valence-corrected chi connectivity index (χ3v) is 3.38. The number of aryl methyl sites for hydroxylation is 1. The van der Waals surface area contributed by atoms with Gasteiger partial charge in [0.2, 0.25) is 0 Å². The number of rotatable bonds is 7. The van der Waals surface area contributed by atoms with Crippen molar-refractivity contribution in [2.75, 3.05) is 6.54 Å². The van der Waals surface area contributed by atoms with E-state index in [1.54, 1.807) is 6.20 Å². The predicted octanol–water partition coefficient (Wildman–Crippen LogP) is 2.80. The first kappa shape index (κ1) is 18.3. The molecule has 0 bridgehead atoms. The largest absolute Gasteiger partial charge is 0.573 e. The Morgan fingerprint density at radius 1 is 1.29 bits per heavy atom. The molecule has 0 fully saturated rings. The molecule has 0 unspecified atom stereocenters. The Hall–Kier alpha value is -2.06. The van der Waals surface area contributed by atoms with Crippen LogP contribution in [0.25, 0.3) is 0 Å². The minimum absolute atomic E-state index is 0.0757. The molecule has 2 atom stereocenters. The van der Waals surface area contributed by atoms with Gasteiger partial charge in [0.15, 0.2) is 0 Å². The first-order chi connectivity index (χ1) is 11.2. The first-order valence-electron chi connectivity index (χ1n) is 7.49. The van der Waals surface area contributed by atoms with Gasteiger partial charge in [0.05, 0.1) is 18.8 Å². The minimum Gasteiger partial charge on any atom is -0.406 e. The number of benzene rings is 1. The Morgan fingerprint density at radius 3 is 2.50 bits per heavy atom. The Labute approximate surface area is 138 Å². The molecule has 24 heavy (non-hydrogen) atoms. The molecule has 2 aromatic rings. The molecule has 0 saturated carbocycles. The van der Waals surface area contributed by atoms with E-state index in [4.69, 9.17) is 0 Å². The Morgan fingerprint density at radius 2 is 1.96 bits per heavy atom. The van der Waals surface area contributed by atoms with Crippen molar-refractivity contribution in [2.45, 2.75) is 38.9 Å². The zero-order valence-electron chi connectivity index (χ0n) is 13.4. The van der Waals surface area contributed by atoms with Crippen LogP contribution in [-0.2, 0) is 6.54 Å². The summed E-state index contributed by atoms with van der Waals surface area (Å²) in [5.41, 5.74) is 1.59. The molecule has 2 rings (SSSR count). The number of nitrogens with zero attached hydrogens (tertiary/aromatic N) is 2. The number of ether oxygens (including phenoxy) is 1. The van der Waals surface area contributed by atoms with Crippen LogP contribution in [0.1, 0.15) is 24.2 Å². The SMILES string of the molecule is Cc1cnn(C[C@@H](C)NC[C@@H](O)c2ccc(OC(F)(F)F)cc2)c1. The van der Waals surface area contributed by atoms with E-state index in [9.17, 15) is 18.3 Å². The van der Waals surface area contributed by atoms with E-state index in [1.807, 2.05) is 24.7 Å². The van der Waals surface area contributed by atoms with E-state index in [2.05, 4.69) is 15.2 Å². The van der Waals surface area contributed by atoms with Crippen molar-refractivity contribution in [3.05, 3.63) is 47.8 Å². The molecule has 0 amide bonds. The Balaban J connectivity index is 1.82. The monoisotopic (exact) mass is 343 g/mol. The van der Waals surface area contributed by atoms with Crippen molar-refractivity contribution in [3.8, 4) is 5.75 Å². The summed E-state index contributed by atoms with van der Waals surface area (Å²) in [6.07, 6.45) is -1.85. The van der Waals surface area contributed by atoms with Crippen LogP contribution in [0, 0.1) is 6.92 Å². The zero-order chi connectivity index (χ0) is 17.7. The summed E-state index contributed by atoms with van der Waals surface area (Å²) in [5.74, 6) is -0.311. The number of hydrogen-bond acceptors (Lipinski definition) is 4. The third kappa shape index (κ3) is 5.86. The van der Waals surface area contributed by atoms with Crippen molar-refractivity contribution in [2.24, 2.45) is 0 Å². The molecule has 132 valence electrons. The lowest BCUT2D eigenvalue weighted by molar-refractivity contribution is -0.274. The molecule has 5 nitrogen and oxygen atoms in total. The summed E-state index contributed by atoms with van der Waals surface area (Å²) in [7, 11) is 0. The molecule has 0 spiro atoms. The number of alkyl halides is 3. The maximum atomic E-state index is 12.1. The zero-order valence-corrected chi connectivity index (χ0v) is 13.4. The fraction of sp³-hybridized carbons (Fsp3) is 0.438. The van der Waals surface area contributed by atoms with Crippen molar-refractivity contribution in [1.29, 1.82) is 0 Å². The van der Waals surface area contributed by atoms with Crippen LogP contribution in [0.4, 0.5) is 13.2 Å². The van der Waals surface area contributed by atoms with Crippen LogP contribution in [0.15, 0.2) is 36.7 Å². The van der Waals surface area contributed by atoms with Crippen LogP contribution in [0.2, 0.25) is 0 Å². The molecule has 0 radical (unpaired) electrons. The first-order valence-corrected chi connectivity index (χ1v) is 7.49. The summed E-state index contributed by atoms with van der Waals surface area (Å²) in [6, 6.07) is 5.26. The van der Waals surface area contributed by atoms with Gasteiger partial charge >= 0.3 is 6.36 Å². The van der Waals surface area contributed by atoms with Crippen LogP contribution >= 0.6 is 0 Å². The van der Waals surface area contributed by atoms with Crippen molar-refractivity contribution in [3.63, 3.8) is 0 Å². The molecule has 1 aromatic carbocycles. The number of aliphatic hydroxyl groups excluding tert-OH is 1. The number of halogens is 3. The second kappa shape index (κ2) is 7.67. The summed E-state index contributed by atoms with van der Waals surface area (Å²) in [6.45, 7) is 4.85. The second-order valence-electron chi connectivity index (χ2n) is 5.68. The molecule has 0 aliphatic carbocycles. The van der Waals surface area contributed by atoms with Gasteiger partial charge < -0.3 is 15.2 Å². The normalized spacial score (nSPS) is 14.4. The lowest BCUT2D eigenvalue weighted by Crippen LogP contribution is -2.33. The maximum Gasteiger partial charge on any atom is 0.573 e. The average molecular weight is 343 g/mol. The number of aromatic nitrogens is 2. The summed E-state index contributed by atoms with van der Waals surface area (Å²) >= 11 is 0. The Bertz CT molecular complexity index is 641. The van der Waals surface area contributed by atoms with Gasteiger partial charge in [-0.15, -0.1) is 13.2 Å². The minimum atomic E-state index is -4.72. The van der Waals surface area contributed by atoms with E-state index in [-0.39, 0.29) is 18.3 Å². The molecular formula is C16H20F3N3O2. The van der Waals surface area contributed by atoms with Crippen LogP contribution in [0.5, 0.6) is 5.75 Å². The fourth-order valence-electron chi connectivity index (χ4n) is 2.23. The molecule has 8 heteroatoms. The summed E-state index contributed by atoms with van der Waals surface area (Å²) in [5, 5.41) is 17.5. The van der Waals surface area contributed by atoms with E-state index in [0.717, 1.165) is 5.56 Å². The highest BCUT2D eigenvalue weighted by atomic mass is 19.4. The van der Waals surface area contributed by atoms with Gasteiger partial charge in [-0.3, -0.25) is 4.68 Å². The lowest BCUT2D eigenvalue weighted by atomic mass is 10.1. The van der Waals surface area contributed by atoms with Gasteiger partial charge in [0.25, 0.3) is 0 Å². The summed E-state index contributed by atoms with van der Waals surface area (Å²) in [4.78, 5) is 0. The van der Waals surface area contributed by atoms with Crippen molar-refractivity contribution >= 4 is 0 Å². The van der Waals surface area contributed by atoms with Crippen LogP contribution in [0.3, 0.4) is 0 Å². The van der Waals surface area contributed by atoms with Gasteiger partial charge in [-0.05, 0) is 37.1 Å². The summed E-state index contributed by atoms with van der Waals surface area (Å²) < 4.78 is 41.9. The molecule has 1 aromatic heterocycles. The number of aliphatic hydroxyl groups is 1. The van der Waals surface area contributed by atoms with E-state index in [0.29, 0.717) is 12.1 Å². The molecule has 0 aliphatic heterocycles. The van der Waals surface area contributed by atoms with Gasteiger partial charge in [-0.1, -0.05) is 12.1 Å². The van der Waals surface area contributed by atoms with Gasteiger partial charge in [0, 0.05) is 18.8 Å². The van der Waals surface area contributed by atoms with Crippen LogP contribution in [-0.4, -0.2) is 33.8 Å². The molecule has 2 N–H and O–H groups in total. The molecule has 1 heterocycles. The molecule has 0 aliphatic rings. The smallest absolute Gasteiger partial charge is 0.406 e. The fourth-order valence-corrected chi connectivity index (χ4v) is 2.23. The van der Waals surface area contributed by atoms with Crippen molar-refractivity contribution < 1.29 is 23.0 Å². The van der Waals surface area contributed by atoms with E-state index < -0.39 is 12.5 Å². The van der Waals surface area contributed by atoms with E-state index >= 15 is 0 Å². The number of hydrogen-bond donors (Lipinski definition) is 2.